The van der Waals surface area contributed by atoms with Crippen LogP contribution in [0, 0.1) is 0 Å². The van der Waals surface area contributed by atoms with Crippen LogP contribution in [0.2, 0.25) is 5.02 Å². The standard InChI is InChI=1S/C22H18ClN5O3S2/c23-15-10-9-12(11-16(15)24)19-20(32-22(25)28-19)21(29)27-17-7-3-1-5-13(17)14-6-2-4-8-18(14)33(26,30)31/h1-11H,24H2,(H2,25,28)(H,27,29)(H2,26,30,31). The Bertz CT molecular complexity index is 1490. The maximum Gasteiger partial charge on any atom is 0.268 e. The van der Waals surface area contributed by atoms with Crippen molar-refractivity contribution in [3.8, 4) is 22.4 Å². The molecule has 0 aliphatic heterocycles. The molecule has 33 heavy (non-hydrogen) atoms. The molecule has 0 spiro atoms. The summed E-state index contributed by atoms with van der Waals surface area (Å²) >= 11 is 7.03. The fourth-order valence-corrected chi connectivity index (χ4v) is 4.94. The van der Waals surface area contributed by atoms with Crippen molar-refractivity contribution in [2.75, 3.05) is 16.8 Å². The van der Waals surface area contributed by atoms with Gasteiger partial charge in [0.2, 0.25) is 10.0 Å². The third-order valence-corrected chi connectivity index (χ3v) is 6.97. The lowest BCUT2D eigenvalue weighted by Gasteiger charge is -2.14. The highest BCUT2D eigenvalue weighted by Crippen LogP contribution is 2.36. The van der Waals surface area contributed by atoms with Crippen LogP contribution >= 0.6 is 22.9 Å². The average Bonchev–Trinajstić information content (AvgIpc) is 3.17. The Labute approximate surface area is 199 Å². The van der Waals surface area contributed by atoms with Crippen LogP contribution in [0.15, 0.2) is 71.6 Å². The van der Waals surface area contributed by atoms with Gasteiger partial charge in [0.05, 0.1) is 21.3 Å². The number of anilines is 3. The van der Waals surface area contributed by atoms with Gasteiger partial charge in [-0.05, 0) is 24.3 Å². The number of nitrogen functional groups attached to an aromatic ring is 2. The number of para-hydroxylation sites is 1. The number of carbonyl (C=O) groups excluding carboxylic acids is 1. The summed E-state index contributed by atoms with van der Waals surface area (Å²) in [6, 6.07) is 18.0. The molecule has 0 aliphatic rings. The lowest BCUT2D eigenvalue weighted by atomic mass is 10.0. The summed E-state index contributed by atoms with van der Waals surface area (Å²) in [5, 5.41) is 8.82. The molecule has 1 heterocycles. The fourth-order valence-electron chi connectivity index (χ4n) is 3.32. The van der Waals surface area contributed by atoms with E-state index in [4.69, 9.17) is 28.2 Å². The predicted molar refractivity (Wildman–Crippen MR) is 133 cm³/mol. The summed E-state index contributed by atoms with van der Waals surface area (Å²) in [6.45, 7) is 0. The smallest absolute Gasteiger partial charge is 0.268 e. The molecular formula is C22H18ClN5O3S2. The number of nitrogens with zero attached hydrogens (tertiary/aromatic N) is 1. The zero-order valence-electron chi connectivity index (χ0n) is 16.9. The molecule has 0 atom stereocenters. The van der Waals surface area contributed by atoms with Crippen molar-refractivity contribution in [2.24, 2.45) is 5.14 Å². The van der Waals surface area contributed by atoms with Crippen LogP contribution in [0.5, 0.6) is 0 Å². The van der Waals surface area contributed by atoms with Crippen molar-refractivity contribution in [1.29, 1.82) is 0 Å². The number of rotatable bonds is 5. The van der Waals surface area contributed by atoms with E-state index < -0.39 is 15.9 Å². The third kappa shape index (κ3) is 4.69. The number of carbonyl (C=O) groups is 1. The monoisotopic (exact) mass is 499 g/mol. The Morgan fingerprint density at radius 1 is 0.970 bits per heavy atom. The molecule has 0 radical (unpaired) electrons. The van der Waals surface area contributed by atoms with Gasteiger partial charge in [-0.25, -0.2) is 18.5 Å². The average molecular weight is 500 g/mol. The predicted octanol–water partition coefficient (Wildman–Crippen LogP) is 4.19. The number of nitrogens with two attached hydrogens (primary N) is 3. The summed E-state index contributed by atoms with van der Waals surface area (Å²) in [7, 11) is -3.99. The van der Waals surface area contributed by atoms with Gasteiger partial charge in [0.15, 0.2) is 5.13 Å². The van der Waals surface area contributed by atoms with Crippen LogP contribution in [0.1, 0.15) is 9.67 Å². The molecule has 0 saturated heterocycles. The molecule has 168 valence electrons. The molecule has 8 nitrogen and oxygen atoms in total. The van der Waals surface area contributed by atoms with Gasteiger partial charge < -0.3 is 16.8 Å². The first-order valence-corrected chi connectivity index (χ1v) is 12.2. The van der Waals surface area contributed by atoms with Crippen LogP contribution in [-0.4, -0.2) is 19.3 Å². The molecule has 3 aromatic carbocycles. The van der Waals surface area contributed by atoms with Crippen molar-refractivity contribution in [1.82, 2.24) is 4.98 Å². The first-order chi connectivity index (χ1) is 15.6. The Hall–Kier alpha value is -3.44. The highest BCUT2D eigenvalue weighted by molar-refractivity contribution is 7.89. The molecule has 4 aromatic rings. The minimum atomic E-state index is -3.99. The second kappa shape index (κ2) is 8.83. The van der Waals surface area contributed by atoms with E-state index in [0.717, 1.165) is 11.3 Å². The molecular weight excluding hydrogens is 482 g/mol. The van der Waals surface area contributed by atoms with Crippen molar-refractivity contribution in [3.05, 3.63) is 76.6 Å². The number of nitrogens with one attached hydrogen (secondary N) is 1. The van der Waals surface area contributed by atoms with Gasteiger partial charge >= 0.3 is 0 Å². The van der Waals surface area contributed by atoms with Crippen LogP contribution in [0.3, 0.4) is 0 Å². The summed E-state index contributed by atoms with van der Waals surface area (Å²) in [6.07, 6.45) is 0. The zero-order chi connectivity index (χ0) is 23.8. The van der Waals surface area contributed by atoms with E-state index in [1.54, 1.807) is 60.7 Å². The van der Waals surface area contributed by atoms with Crippen LogP contribution in [0.4, 0.5) is 16.5 Å². The van der Waals surface area contributed by atoms with Crippen LogP contribution < -0.4 is 21.9 Å². The molecule has 0 fully saturated rings. The number of hydrogen-bond acceptors (Lipinski definition) is 7. The van der Waals surface area contributed by atoms with Gasteiger partial charge in [0, 0.05) is 22.4 Å². The van der Waals surface area contributed by atoms with Gasteiger partial charge in [0.25, 0.3) is 5.91 Å². The fraction of sp³-hybridized carbons (Fsp3) is 0. The lowest BCUT2D eigenvalue weighted by Crippen LogP contribution is -2.15. The first kappa shape index (κ1) is 22.7. The second-order valence-electron chi connectivity index (χ2n) is 7.01. The SMILES string of the molecule is Nc1nc(-c2ccc(Cl)c(N)c2)c(C(=O)Nc2ccccc2-c2ccccc2S(N)(=O)=O)s1. The van der Waals surface area contributed by atoms with E-state index in [9.17, 15) is 13.2 Å². The second-order valence-corrected chi connectivity index (χ2v) is 9.97. The van der Waals surface area contributed by atoms with E-state index in [1.165, 1.54) is 6.07 Å². The van der Waals surface area contributed by atoms with Gasteiger partial charge in [-0.15, -0.1) is 0 Å². The first-order valence-electron chi connectivity index (χ1n) is 9.49. The number of amides is 1. The molecule has 0 aliphatic carbocycles. The molecule has 0 bridgehead atoms. The Morgan fingerprint density at radius 3 is 2.33 bits per heavy atom. The maximum atomic E-state index is 13.2. The quantitative estimate of drug-likeness (QED) is 0.302. The minimum Gasteiger partial charge on any atom is -0.398 e. The molecule has 11 heteroatoms. The van der Waals surface area contributed by atoms with E-state index in [0.29, 0.717) is 38.8 Å². The largest absolute Gasteiger partial charge is 0.398 e. The Morgan fingerprint density at radius 2 is 1.64 bits per heavy atom. The normalized spacial score (nSPS) is 11.3. The van der Waals surface area contributed by atoms with Crippen molar-refractivity contribution >= 4 is 55.4 Å². The lowest BCUT2D eigenvalue weighted by molar-refractivity contribution is 0.103. The molecule has 7 N–H and O–H groups in total. The molecule has 4 rings (SSSR count). The van der Waals surface area contributed by atoms with Gasteiger partial charge in [-0.1, -0.05) is 65.4 Å². The highest BCUT2D eigenvalue weighted by Gasteiger charge is 2.22. The van der Waals surface area contributed by atoms with E-state index >= 15 is 0 Å². The number of benzene rings is 3. The van der Waals surface area contributed by atoms with Crippen molar-refractivity contribution < 1.29 is 13.2 Å². The minimum absolute atomic E-state index is 0.0499. The Kier molecular flexibility index (Phi) is 6.09. The highest BCUT2D eigenvalue weighted by atomic mass is 35.5. The maximum absolute atomic E-state index is 13.2. The number of aromatic nitrogens is 1. The van der Waals surface area contributed by atoms with E-state index in [-0.39, 0.29) is 14.9 Å². The topological polar surface area (TPSA) is 154 Å². The van der Waals surface area contributed by atoms with Gasteiger partial charge in [-0.3, -0.25) is 4.79 Å². The molecule has 0 saturated carbocycles. The molecule has 1 amide bonds. The molecule has 1 aromatic heterocycles. The summed E-state index contributed by atoms with van der Waals surface area (Å²) in [5.41, 5.74) is 14.3. The summed E-state index contributed by atoms with van der Waals surface area (Å²) in [5.74, 6) is -0.465. The third-order valence-electron chi connectivity index (χ3n) is 4.78. The van der Waals surface area contributed by atoms with E-state index in [1.807, 2.05) is 0 Å². The van der Waals surface area contributed by atoms with E-state index in [2.05, 4.69) is 10.3 Å². The van der Waals surface area contributed by atoms with Gasteiger partial charge in [-0.2, -0.15) is 0 Å². The van der Waals surface area contributed by atoms with Crippen LogP contribution in [0.25, 0.3) is 22.4 Å². The van der Waals surface area contributed by atoms with Gasteiger partial charge in [0.1, 0.15) is 4.88 Å². The van der Waals surface area contributed by atoms with Crippen molar-refractivity contribution in [2.45, 2.75) is 4.90 Å². The summed E-state index contributed by atoms with van der Waals surface area (Å²) < 4.78 is 24.2. The Balaban J connectivity index is 1.75. The number of sulfonamides is 1. The molecule has 0 unspecified atom stereocenters. The van der Waals surface area contributed by atoms with Crippen LogP contribution in [-0.2, 0) is 10.0 Å². The zero-order valence-corrected chi connectivity index (χ0v) is 19.3. The number of primary sulfonamides is 1. The number of hydrogen-bond donors (Lipinski definition) is 4. The number of thiazole rings is 1. The number of halogens is 1. The summed E-state index contributed by atoms with van der Waals surface area (Å²) in [4.78, 5) is 17.7. The van der Waals surface area contributed by atoms with Crippen molar-refractivity contribution in [3.63, 3.8) is 0 Å².